The van der Waals surface area contributed by atoms with E-state index in [1.54, 1.807) is 6.20 Å². The summed E-state index contributed by atoms with van der Waals surface area (Å²) in [5.74, 6) is 0.748. The van der Waals surface area contributed by atoms with Gasteiger partial charge in [-0.15, -0.1) is 0 Å². The maximum absolute atomic E-state index is 12.5. The van der Waals surface area contributed by atoms with Gasteiger partial charge in [0.15, 0.2) is 0 Å². The SMILES string of the molecule is C[C@@H](NC(=O)Cc1ccc(-c2ccccc2)cc1)c1ccc(N2CCS(O)(O)CC2)cn1. The number of benzene rings is 2. The van der Waals surface area contributed by atoms with Crippen molar-refractivity contribution in [1.82, 2.24) is 10.3 Å². The molecule has 1 atom stereocenters. The third-order valence-electron chi connectivity index (χ3n) is 5.76. The molecule has 7 heteroatoms. The van der Waals surface area contributed by atoms with Gasteiger partial charge in [-0.3, -0.25) is 18.9 Å². The summed E-state index contributed by atoms with van der Waals surface area (Å²) in [5.41, 5.74) is 5.01. The van der Waals surface area contributed by atoms with Gasteiger partial charge in [-0.25, -0.2) is 0 Å². The van der Waals surface area contributed by atoms with E-state index >= 15 is 0 Å². The van der Waals surface area contributed by atoms with Gasteiger partial charge < -0.3 is 10.2 Å². The number of aromatic nitrogens is 1. The van der Waals surface area contributed by atoms with Crippen molar-refractivity contribution in [3.63, 3.8) is 0 Å². The van der Waals surface area contributed by atoms with Gasteiger partial charge in [0.25, 0.3) is 0 Å². The summed E-state index contributed by atoms with van der Waals surface area (Å²) >= 11 is 0. The molecule has 1 amide bonds. The first kappa shape index (κ1) is 22.3. The summed E-state index contributed by atoms with van der Waals surface area (Å²) in [7, 11) is -2.41. The number of carbonyl (C=O) groups is 1. The Morgan fingerprint density at radius 1 is 1.00 bits per heavy atom. The first-order valence-electron chi connectivity index (χ1n) is 10.8. The maximum Gasteiger partial charge on any atom is 0.224 e. The molecule has 0 radical (unpaired) electrons. The monoisotopic (exact) mass is 451 g/mol. The van der Waals surface area contributed by atoms with E-state index < -0.39 is 10.6 Å². The van der Waals surface area contributed by atoms with Crippen molar-refractivity contribution in [2.24, 2.45) is 0 Å². The van der Waals surface area contributed by atoms with Crippen molar-refractivity contribution in [1.29, 1.82) is 0 Å². The van der Waals surface area contributed by atoms with E-state index in [0.717, 1.165) is 28.1 Å². The van der Waals surface area contributed by atoms with Crippen LogP contribution in [0.15, 0.2) is 72.9 Å². The van der Waals surface area contributed by atoms with Crippen LogP contribution in [-0.4, -0.2) is 44.6 Å². The zero-order valence-corrected chi connectivity index (χ0v) is 19.0. The van der Waals surface area contributed by atoms with Crippen LogP contribution in [0.2, 0.25) is 0 Å². The molecule has 1 saturated heterocycles. The molecule has 1 aliphatic heterocycles. The lowest BCUT2D eigenvalue weighted by atomic mass is 10.0. The predicted octanol–water partition coefficient (Wildman–Crippen LogP) is 4.74. The molecule has 2 aromatic carbocycles. The van der Waals surface area contributed by atoms with E-state index in [2.05, 4.69) is 27.3 Å². The lowest BCUT2D eigenvalue weighted by Crippen LogP contribution is -2.38. The van der Waals surface area contributed by atoms with Crippen LogP contribution < -0.4 is 10.2 Å². The second-order valence-electron chi connectivity index (χ2n) is 8.17. The Balaban J connectivity index is 1.31. The van der Waals surface area contributed by atoms with Crippen LogP contribution in [0.3, 0.4) is 0 Å². The number of hydrogen-bond donors (Lipinski definition) is 3. The average Bonchev–Trinajstić information content (AvgIpc) is 2.80. The van der Waals surface area contributed by atoms with E-state index in [4.69, 9.17) is 0 Å². The third-order valence-corrected chi connectivity index (χ3v) is 7.43. The van der Waals surface area contributed by atoms with Crippen LogP contribution >= 0.6 is 10.6 Å². The molecule has 1 aromatic heterocycles. The third kappa shape index (κ3) is 5.68. The number of amides is 1. The Morgan fingerprint density at radius 2 is 1.66 bits per heavy atom. The Morgan fingerprint density at radius 3 is 2.28 bits per heavy atom. The number of pyridine rings is 1. The molecule has 1 aliphatic rings. The highest BCUT2D eigenvalue weighted by molar-refractivity contribution is 8.24. The Labute approximate surface area is 190 Å². The Hall–Kier alpha value is -2.87. The molecule has 0 aliphatic carbocycles. The Bertz CT molecular complexity index is 1030. The smallest absolute Gasteiger partial charge is 0.224 e. The Kier molecular flexibility index (Phi) is 6.79. The van der Waals surface area contributed by atoms with Crippen LogP contribution in [-0.2, 0) is 11.2 Å². The van der Waals surface area contributed by atoms with Gasteiger partial charge in [-0.2, -0.15) is 10.6 Å². The topological polar surface area (TPSA) is 85.7 Å². The van der Waals surface area contributed by atoms with Crippen molar-refractivity contribution in [2.75, 3.05) is 29.5 Å². The summed E-state index contributed by atoms with van der Waals surface area (Å²) in [5, 5.41) is 3.02. The van der Waals surface area contributed by atoms with Crippen LogP contribution in [0.25, 0.3) is 11.1 Å². The maximum atomic E-state index is 12.5. The molecule has 4 rings (SSSR count). The average molecular weight is 452 g/mol. The van der Waals surface area contributed by atoms with Crippen molar-refractivity contribution in [2.45, 2.75) is 19.4 Å². The molecule has 3 aromatic rings. The number of carbonyl (C=O) groups excluding carboxylic acids is 1. The fourth-order valence-corrected chi connectivity index (χ4v) is 5.05. The zero-order chi connectivity index (χ0) is 22.6. The van der Waals surface area contributed by atoms with Gasteiger partial charge >= 0.3 is 0 Å². The molecule has 32 heavy (non-hydrogen) atoms. The minimum atomic E-state index is -2.41. The molecular formula is C25H29N3O3S. The van der Waals surface area contributed by atoms with E-state index in [-0.39, 0.29) is 11.9 Å². The predicted molar refractivity (Wildman–Crippen MR) is 131 cm³/mol. The van der Waals surface area contributed by atoms with Crippen molar-refractivity contribution in [3.8, 4) is 11.1 Å². The summed E-state index contributed by atoms with van der Waals surface area (Å²) in [6, 6.07) is 21.9. The molecule has 0 bridgehead atoms. The minimum Gasteiger partial charge on any atom is -0.367 e. The standard InChI is InChI=1S/C25H29N3O3S/c1-19(24-12-11-23(18-26-24)28-13-15-32(30,31)16-14-28)27-25(29)17-20-7-9-22(10-8-20)21-5-3-2-4-6-21/h2-12,18-19,30-31H,13-17H2,1H3,(H,27,29)/t19-/m1/s1. The molecule has 0 saturated carbocycles. The number of anilines is 1. The normalized spacial score (nSPS) is 17.4. The lowest BCUT2D eigenvalue weighted by Gasteiger charge is -2.41. The van der Waals surface area contributed by atoms with E-state index in [0.29, 0.717) is 31.0 Å². The largest absolute Gasteiger partial charge is 0.367 e. The highest BCUT2D eigenvalue weighted by Gasteiger charge is 2.22. The van der Waals surface area contributed by atoms with Gasteiger partial charge in [0.05, 0.1) is 41.5 Å². The summed E-state index contributed by atoms with van der Waals surface area (Å²) in [6.07, 6.45) is 2.11. The van der Waals surface area contributed by atoms with Gasteiger partial charge in [-0.05, 0) is 35.7 Å². The van der Waals surface area contributed by atoms with Crippen LogP contribution in [0.4, 0.5) is 5.69 Å². The fraction of sp³-hybridized carbons (Fsp3) is 0.280. The van der Waals surface area contributed by atoms with Crippen LogP contribution in [0.5, 0.6) is 0 Å². The molecular weight excluding hydrogens is 422 g/mol. The van der Waals surface area contributed by atoms with Gasteiger partial charge in [0, 0.05) is 13.1 Å². The van der Waals surface area contributed by atoms with Gasteiger partial charge in [-0.1, -0.05) is 54.6 Å². The first-order chi connectivity index (χ1) is 15.4. The summed E-state index contributed by atoms with van der Waals surface area (Å²) in [4.78, 5) is 19.2. The van der Waals surface area contributed by atoms with E-state index in [9.17, 15) is 13.9 Å². The second kappa shape index (κ2) is 9.73. The lowest BCUT2D eigenvalue weighted by molar-refractivity contribution is -0.121. The minimum absolute atomic E-state index is 0.0444. The van der Waals surface area contributed by atoms with Crippen LogP contribution in [0.1, 0.15) is 24.2 Å². The highest BCUT2D eigenvalue weighted by atomic mass is 32.3. The second-order valence-corrected chi connectivity index (χ2v) is 10.6. The number of nitrogens with one attached hydrogen (secondary N) is 1. The molecule has 2 heterocycles. The number of nitrogens with zero attached hydrogens (tertiary/aromatic N) is 2. The molecule has 6 nitrogen and oxygen atoms in total. The van der Waals surface area contributed by atoms with Crippen LogP contribution in [0, 0.1) is 0 Å². The van der Waals surface area contributed by atoms with Crippen molar-refractivity contribution < 1.29 is 13.9 Å². The molecule has 0 spiro atoms. The molecule has 0 unspecified atom stereocenters. The molecule has 168 valence electrons. The number of hydrogen-bond acceptors (Lipinski definition) is 5. The molecule has 1 fully saturated rings. The van der Waals surface area contributed by atoms with Crippen molar-refractivity contribution in [3.05, 3.63) is 84.2 Å². The zero-order valence-electron chi connectivity index (χ0n) is 18.1. The van der Waals surface area contributed by atoms with E-state index in [1.807, 2.05) is 61.5 Å². The summed E-state index contributed by atoms with van der Waals surface area (Å²) in [6.45, 7) is 3.14. The summed E-state index contributed by atoms with van der Waals surface area (Å²) < 4.78 is 19.5. The quantitative estimate of drug-likeness (QED) is 0.504. The van der Waals surface area contributed by atoms with E-state index in [1.165, 1.54) is 0 Å². The fourth-order valence-electron chi connectivity index (χ4n) is 3.82. The van der Waals surface area contributed by atoms with Gasteiger partial charge in [0.2, 0.25) is 5.91 Å². The first-order valence-corrected chi connectivity index (χ1v) is 12.7. The van der Waals surface area contributed by atoms with Crippen molar-refractivity contribution >= 4 is 22.2 Å². The highest BCUT2D eigenvalue weighted by Crippen LogP contribution is 2.41. The molecule has 3 N–H and O–H groups in total. The number of rotatable bonds is 6. The van der Waals surface area contributed by atoms with Gasteiger partial charge in [0.1, 0.15) is 0 Å².